The van der Waals surface area contributed by atoms with Crippen LogP contribution in [0, 0.1) is 6.92 Å². The maximum Gasteiger partial charge on any atom is 0.188 e. The minimum Gasteiger partial charge on any atom is -0.398 e. The molecule has 0 unspecified atom stereocenters. The number of nitrogen functional groups attached to an aromatic ring is 1. The Morgan fingerprint density at radius 3 is 2.72 bits per heavy atom. The van der Waals surface area contributed by atoms with Crippen molar-refractivity contribution >= 4 is 11.5 Å². The summed E-state index contributed by atoms with van der Waals surface area (Å²) < 4.78 is 0. The van der Waals surface area contributed by atoms with Gasteiger partial charge in [0.05, 0.1) is 0 Å². The SMILES string of the molecule is Cc1ccc(C(=O)/C2=C/CCCCCC2)cc1N. The summed E-state index contributed by atoms with van der Waals surface area (Å²) in [7, 11) is 0. The maximum atomic E-state index is 12.4. The highest BCUT2D eigenvalue weighted by Gasteiger charge is 2.13. The largest absolute Gasteiger partial charge is 0.398 e. The van der Waals surface area contributed by atoms with Crippen LogP contribution in [0.25, 0.3) is 0 Å². The molecule has 0 bridgehead atoms. The van der Waals surface area contributed by atoms with E-state index >= 15 is 0 Å². The lowest BCUT2D eigenvalue weighted by molar-refractivity contribution is 0.102. The molecular formula is C16H21NO. The van der Waals surface area contributed by atoms with Crippen LogP contribution in [-0.2, 0) is 0 Å². The summed E-state index contributed by atoms with van der Waals surface area (Å²) in [6, 6.07) is 5.61. The lowest BCUT2D eigenvalue weighted by Crippen LogP contribution is -2.06. The number of hydrogen-bond acceptors (Lipinski definition) is 2. The van der Waals surface area contributed by atoms with Gasteiger partial charge in [-0.05, 0) is 49.8 Å². The number of hydrogen-bond donors (Lipinski definition) is 1. The topological polar surface area (TPSA) is 43.1 Å². The van der Waals surface area contributed by atoms with E-state index in [2.05, 4.69) is 6.08 Å². The Balaban J connectivity index is 2.21. The summed E-state index contributed by atoms with van der Waals surface area (Å²) in [4.78, 5) is 12.4. The highest BCUT2D eigenvalue weighted by molar-refractivity contribution is 6.09. The fourth-order valence-corrected chi connectivity index (χ4v) is 2.37. The Kier molecular flexibility index (Phi) is 4.19. The number of benzene rings is 1. The average molecular weight is 243 g/mol. The van der Waals surface area contributed by atoms with Gasteiger partial charge in [0.2, 0.25) is 0 Å². The van der Waals surface area contributed by atoms with E-state index < -0.39 is 0 Å². The summed E-state index contributed by atoms with van der Waals surface area (Å²) >= 11 is 0. The number of anilines is 1. The Hall–Kier alpha value is -1.57. The second-order valence-electron chi connectivity index (χ2n) is 5.08. The van der Waals surface area contributed by atoms with Gasteiger partial charge >= 0.3 is 0 Å². The number of Topliss-reactive ketones (excluding diaryl/α,β-unsaturated/α-hetero) is 1. The normalized spacial score (nSPS) is 19.5. The Morgan fingerprint density at radius 2 is 1.94 bits per heavy atom. The van der Waals surface area contributed by atoms with Crippen molar-refractivity contribution in [1.82, 2.24) is 0 Å². The molecule has 2 N–H and O–H groups in total. The second kappa shape index (κ2) is 5.85. The number of rotatable bonds is 2. The van der Waals surface area contributed by atoms with Gasteiger partial charge < -0.3 is 5.73 Å². The first-order valence-corrected chi connectivity index (χ1v) is 6.78. The lowest BCUT2D eigenvalue weighted by Gasteiger charge is -2.11. The highest BCUT2D eigenvalue weighted by atomic mass is 16.1. The van der Waals surface area contributed by atoms with Crippen molar-refractivity contribution in [2.24, 2.45) is 0 Å². The molecule has 0 heterocycles. The average Bonchev–Trinajstić information content (AvgIpc) is 2.31. The molecular weight excluding hydrogens is 222 g/mol. The summed E-state index contributed by atoms with van der Waals surface area (Å²) in [6.07, 6.45) is 8.91. The van der Waals surface area contributed by atoms with Crippen LogP contribution in [0.5, 0.6) is 0 Å². The third kappa shape index (κ3) is 3.00. The van der Waals surface area contributed by atoms with Crippen LogP contribution in [0.4, 0.5) is 5.69 Å². The molecule has 0 saturated heterocycles. The monoisotopic (exact) mass is 243 g/mol. The van der Waals surface area contributed by atoms with Gasteiger partial charge in [0.15, 0.2) is 5.78 Å². The zero-order chi connectivity index (χ0) is 13.0. The third-order valence-corrected chi connectivity index (χ3v) is 3.62. The van der Waals surface area contributed by atoms with Crippen LogP contribution in [0.2, 0.25) is 0 Å². The summed E-state index contributed by atoms with van der Waals surface area (Å²) in [5, 5.41) is 0. The molecule has 0 fully saturated rings. The van der Waals surface area contributed by atoms with Crippen molar-refractivity contribution in [3.05, 3.63) is 41.0 Å². The minimum atomic E-state index is 0.156. The standard InChI is InChI=1S/C16H21NO/c1-12-9-10-14(11-15(12)17)16(18)13-7-5-3-2-4-6-8-13/h7,9-11H,2-6,8,17H2,1H3/b13-7+. The molecule has 2 heteroatoms. The first-order valence-electron chi connectivity index (χ1n) is 6.78. The van der Waals surface area contributed by atoms with E-state index in [0.717, 1.165) is 36.0 Å². The van der Waals surface area contributed by atoms with E-state index in [4.69, 9.17) is 5.73 Å². The number of aryl methyl sites for hydroxylation is 1. The predicted octanol–water partition coefficient (Wildman–Crippen LogP) is 4.04. The Bertz CT molecular complexity index is 474. The zero-order valence-corrected chi connectivity index (χ0v) is 11.0. The number of ketones is 1. The van der Waals surface area contributed by atoms with Crippen LogP contribution in [0.1, 0.15) is 54.4 Å². The Morgan fingerprint density at radius 1 is 1.17 bits per heavy atom. The van der Waals surface area contributed by atoms with Crippen molar-refractivity contribution in [3.63, 3.8) is 0 Å². The molecule has 0 amide bonds. The van der Waals surface area contributed by atoms with Gasteiger partial charge in [0.25, 0.3) is 0 Å². The van der Waals surface area contributed by atoms with Gasteiger partial charge in [-0.25, -0.2) is 0 Å². The molecule has 1 aliphatic rings. The smallest absolute Gasteiger partial charge is 0.188 e. The van der Waals surface area contributed by atoms with E-state index in [1.165, 1.54) is 19.3 Å². The molecule has 0 aliphatic heterocycles. The quantitative estimate of drug-likeness (QED) is 0.629. The molecule has 0 radical (unpaired) electrons. The highest BCUT2D eigenvalue weighted by Crippen LogP contribution is 2.22. The van der Waals surface area contributed by atoms with Crippen LogP contribution in [-0.4, -0.2) is 5.78 Å². The molecule has 0 spiro atoms. The molecule has 0 saturated carbocycles. The molecule has 1 aliphatic carbocycles. The van der Waals surface area contributed by atoms with Gasteiger partial charge in [-0.3, -0.25) is 4.79 Å². The van der Waals surface area contributed by atoms with Gasteiger partial charge in [0, 0.05) is 11.3 Å². The predicted molar refractivity (Wildman–Crippen MR) is 75.7 cm³/mol. The van der Waals surface area contributed by atoms with E-state index in [-0.39, 0.29) is 5.78 Å². The third-order valence-electron chi connectivity index (χ3n) is 3.62. The fourth-order valence-electron chi connectivity index (χ4n) is 2.37. The number of carbonyl (C=O) groups is 1. The van der Waals surface area contributed by atoms with Crippen molar-refractivity contribution in [2.75, 3.05) is 5.73 Å². The van der Waals surface area contributed by atoms with E-state index in [1.807, 2.05) is 19.1 Å². The number of allylic oxidation sites excluding steroid dienone is 2. The first-order chi connectivity index (χ1) is 8.68. The minimum absolute atomic E-state index is 0.156. The van der Waals surface area contributed by atoms with Crippen LogP contribution in [0.3, 0.4) is 0 Å². The van der Waals surface area contributed by atoms with E-state index in [0.29, 0.717) is 5.69 Å². The van der Waals surface area contributed by atoms with E-state index in [1.54, 1.807) is 6.07 Å². The molecule has 1 aromatic carbocycles. The van der Waals surface area contributed by atoms with Crippen molar-refractivity contribution < 1.29 is 4.79 Å². The maximum absolute atomic E-state index is 12.4. The van der Waals surface area contributed by atoms with Crippen molar-refractivity contribution in [3.8, 4) is 0 Å². The molecule has 2 rings (SSSR count). The molecule has 1 aromatic rings. The zero-order valence-electron chi connectivity index (χ0n) is 11.0. The molecule has 0 atom stereocenters. The van der Waals surface area contributed by atoms with Gasteiger partial charge in [0.1, 0.15) is 0 Å². The van der Waals surface area contributed by atoms with Gasteiger partial charge in [-0.1, -0.05) is 31.1 Å². The van der Waals surface area contributed by atoms with Crippen molar-refractivity contribution in [2.45, 2.75) is 45.4 Å². The van der Waals surface area contributed by atoms with Crippen LogP contribution < -0.4 is 5.73 Å². The Labute approximate surface area is 109 Å². The van der Waals surface area contributed by atoms with Gasteiger partial charge in [-0.15, -0.1) is 0 Å². The summed E-state index contributed by atoms with van der Waals surface area (Å²) in [6.45, 7) is 1.96. The molecule has 18 heavy (non-hydrogen) atoms. The summed E-state index contributed by atoms with van der Waals surface area (Å²) in [5.74, 6) is 0.156. The molecule has 0 aromatic heterocycles. The summed E-state index contributed by atoms with van der Waals surface area (Å²) in [5.41, 5.74) is 9.30. The van der Waals surface area contributed by atoms with Gasteiger partial charge in [-0.2, -0.15) is 0 Å². The fraction of sp³-hybridized carbons (Fsp3) is 0.438. The number of nitrogens with two attached hydrogens (primary N) is 1. The lowest BCUT2D eigenvalue weighted by atomic mass is 9.93. The number of carbonyl (C=O) groups excluding carboxylic acids is 1. The molecule has 2 nitrogen and oxygen atoms in total. The second-order valence-corrected chi connectivity index (χ2v) is 5.08. The van der Waals surface area contributed by atoms with Crippen LogP contribution >= 0.6 is 0 Å². The van der Waals surface area contributed by atoms with Crippen molar-refractivity contribution in [1.29, 1.82) is 0 Å². The van der Waals surface area contributed by atoms with Crippen LogP contribution in [0.15, 0.2) is 29.8 Å². The first kappa shape index (κ1) is 12.9. The molecule has 96 valence electrons. The van der Waals surface area contributed by atoms with E-state index in [9.17, 15) is 4.79 Å².